The molecule has 0 aliphatic heterocycles. The van der Waals surface area contributed by atoms with E-state index in [0.717, 1.165) is 20.5 Å². The van der Waals surface area contributed by atoms with E-state index >= 15 is 0 Å². The maximum Gasteiger partial charge on any atom is 0.340 e. The van der Waals surface area contributed by atoms with E-state index in [0.29, 0.717) is 0 Å². The monoisotopic (exact) mass is 373 g/mol. The van der Waals surface area contributed by atoms with Gasteiger partial charge in [0.1, 0.15) is 5.56 Å². The molecule has 9 heteroatoms. The average Bonchev–Trinajstić information content (AvgIpc) is 2.91. The second kappa shape index (κ2) is 5.96. The summed E-state index contributed by atoms with van der Waals surface area (Å²) in [7, 11) is -2.60. The number of sulfonamides is 1. The van der Waals surface area contributed by atoms with Crippen molar-refractivity contribution in [3.8, 4) is 0 Å². The minimum atomic E-state index is -3.97. The van der Waals surface area contributed by atoms with Crippen LogP contribution in [0.1, 0.15) is 15.9 Å². The molecule has 2 N–H and O–H groups in total. The minimum absolute atomic E-state index is 0.0990. The second-order valence-corrected chi connectivity index (χ2v) is 7.11. The lowest BCUT2D eigenvalue weighted by Crippen LogP contribution is -2.28. The fourth-order valence-electron chi connectivity index (χ4n) is 1.73. The third-order valence-corrected chi connectivity index (χ3v) is 5.40. The van der Waals surface area contributed by atoms with Gasteiger partial charge < -0.3 is 5.11 Å². The van der Waals surface area contributed by atoms with Crippen molar-refractivity contribution in [3.05, 3.63) is 46.1 Å². The summed E-state index contributed by atoms with van der Waals surface area (Å²) in [4.78, 5) is 11.0. The number of carbonyl (C=O) groups is 1. The Morgan fingerprint density at radius 3 is 2.71 bits per heavy atom. The third kappa shape index (κ3) is 3.14. The van der Waals surface area contributed by atoms with Crippen molar-refractivity contribution in [2.24, 2.45) is 0 Å². The number of rotatable bonds is 5. The van der Waals surface area contributed by atoms with E-state index in [4.69, 9.17) is 5.11 Å². The molecular weight excluding hydrogens is 362 g/mol. The molecule has 0 aliphatic rings. The highest BCUT2D eigenvalue weighted by molar-refractivity contribution is 9.10. The SMILES string of the molecule is CN(Cc1ccccc1Br)S(=O)(=O)c1[nH]ncc1C(=O)O. The van der Waals surface area contributed by atoms with Crippen molar-refractivity contribution in [2.45, 2.75) is 11.6 Å². The minimum Gasteiger partial charge on any atom is -0.478 e. The number of hydrogen-bond donors (Lipinski definition) is 2. The first-order valence-corrected chi connectivity index (χ1v) is 8.03. The molecule has 0 aliphatic carbocycles. The Labute approximate surface area is 129 Å². The van der Waals surface area contributed by atoms with Gasteiger partial charge in [0.15, 0.2) is 5.03 Å². The first-order valence-electron chi connectivity index (χ1n) is 5.80. The standard InChI is InChI=1S/C12H12BrN3O4S/c1-16(7-8-4-2-3-5-10(8)13)21(19,20)11-9(12(17)18)6-14-15-11/h2-6H,7H2,1H3,(H,14,15)(H,17,18). The smallest absolute Gasteiger partial charge is 0.340 e. The van der Waals surface area contributed by atoms with Gasteiger partial charge in [0.25, 0.3) is 10.0 Å². The van der Waals surface area contributed by atoms with E-state index in [1.54, 1.807) is 18.2 Å². The Hall–Kier alpha value is -1.71. The van der Waals surface area contributed by atoms with Gasteiger partial charge in [-0.3, -0.25) is 5.10 Å². The number of carboxylic acids is 1. The van der Waals surface area contributed by atoms with Crippen molar-refractivity contribution >= 4 is 31.9 Å². The Morgan fingerprint density at radius 1 is 1.43 bits per heavy atom. The van der Waals surface area contributed by atoms with Crippen molar-refractivity contribution < 1.29 is 18.3 Å². The molecule has 0 amide bonds. The van der Waals surface area contributed by atoms with Gasteiger partial charge in [-0.25, -0.2) is 13.2 Å². The highest BCUT2D eigenvalue weighted by Gasteiger charge is 2.29. The predicted molar refractivity (Wildman–Crippen MR) is 78.3 cm³/mol. The maximum atomic E-state index is 12.4. The highest BCUT2D eigenvalue weighted by atomic mass is 79.9. The van der Waals surface area contributed by atoms with Crippen LogP contribution < -0.4 is 0 Å². The lowest BCUT2D eigenvalue weighted by Gasteiger charge is -2.17. The maximum absolute atomic E-state index is 12.4. The summed E-state index contributed by atoms with van der Waals surface area (Å²) in [6.45, 7) is 0.0990. The van der Waals surface area contributed by atoms with E-state index in [2.05, 4.69) is 26.1 Å². The molecule has 0 saturated heterocycles. The van der Waals surface area contributed by atoms with Crippen molar-refractivity contribution in [3.63, 3.8) is 0 Å². The number of nitrogens with one attached hydrogen (secondary N) is 1. The van der Waals surface area contributed by atoms with Gasteiger partial charge >= 0.3 is 5.97 Å². The number of aromatic amines is 1. The summed E-state index contributed by atoms with van der Waals surface area (Å²) < 4.78 is 26.7. The van der Waals surface area contributed by atoms with E-state index in [1.807, 2.05) is 6.07 Å². The van der Waals surface area contributed by atoms with Crippen LogP contribution >= 0.6 is 15.9 Å². The fourth-order valence-corrected chi connectivity index (χ4v) is 3.35. The topological polar surface area (TPSA) is 103 Å². The Morgan fingerprint density at radius 2 is 2.10 bits per heavy atom. The number of H-pyrrole nitrogens is 1. The normalized spacial score (nSPS) is 11.8. The van der Waals surface area contributed by atoms with Crippen LogP contribution in [0.3, 0.4) is 0 Å². The van der Waals surface area contributed by atoms with Crippen LogP contribution in [0.25, 0.3) is 0 Å². The summed E-state index contributed by atoms with van der Waals surface area (Å²) in [5.74, 6) is -1.35. The van der Waals surface area contributed by atoms with E-state index < -0.39 is 21.0 Å². The van der Waals surface area contributed by atoms with Crippen molar-refractivity contribution in [2.75, 3.05) is 7.05 Å². The number of halogens is 1. The lowest BCUT2D eigenvalue weighted by molar-refractivity contribution is 0.0692. The average molecular weight is 374 g/mol. The number of aromatic carboxylic acids is 1. The zero-order valence-electron chi connectivity index (χ0n) is 10.9. The predicted octanol–water partition coefficient (Wildman–Crippen LogP) is 1.69. The zero-order chi connectivity index (χ0) is 15.6. The molecule has 0 atom stereocenters. The van der Waals surface area contributed by atoms with Crippen LogP contribution in [0.4, 0.5) is 0 Å². The summed E-state index contributed by atoms with van der Waals surface area (Å²) >= 11 is 3.34. The van der Waals surface area contributed by atoms with Gasteiger partial charge in [-0.05, 0) is 11.6 Å². The van der Waals surface area contributed by atoms with Crippen LogP contribution in [-0.2, 0) is 16.6 Å². The quantitative estimate of drug-likeness (QED) is 0.829. The molecule has 112 valence electrons. The number of benzene rings is 1. The largest absolute Gasteiger partial charge is 0.478 e. The van der Waals surface area contributed by atoms with Crippen molar-refractivity contribution in [1.82, 2.24) is 14.5 Å². The van der Waals surface area contributed by atoms with E-state index in [-0.39, 0.29) is 12.1 Å². The van der Waals surface area contributed by atoms with E-state index in [9.17, 15) is 13.2 Å². The van der Waals surface area contributed by atoms with Gasteiger partial charge in [0, 0.05) is 18.1 Å². The van der Waals surface area contributed by atoms with Gasteiger partial charge in [-0.2, -0.15) is 9.40 Å². The third-order valence-electron chi connectivity index (χ3n) is 2.85. The van der Waals surface area contributed by atoms with Crippen molar-refractivity contribution in [1.29, 1.82) is 0 Å². The number of carboxylic acid groups (broad SMARTS) is 1. The molecule has 0 unspecified atom stereocenters. The molecule has 21 heavy (non-hydrogen) atoms. The van der Waals surface area contributed by atoms with Gasteiger partial charge in [0.05, 0.1) is 6.20 Å². The molecule has 1 heterocycles. The highest BCUT2D eigenvalue weighted by Crippen LogP contribution is 2.22. The Balaban J connectivity index is 2.33. The van der Waals surface area contributed by atoms with Gasteiger partial charge in [-0.1, -0.05) is 34.1 Å². The van der Waals surface area contributed by atoms with Crippen LogP contribution in [0.2, 0.25) is 0 Å². The molecule has 0 fully saturated rings. The molecule has 7 nitrogen and oxygen atoms in total. The van der Waals surface area contributed by atoms with Gasteiger partial charge in [-0.15, -0.1) is 0 Å². The Bertz CT molecular complexity index is 772. The number of aromatic nitrogens is 2. The summed E-state index contributed by atoms with van der Waals surface area (Å²) in [5.41, 5.74) is 0.383. The Kier molecular flexibility index (Phi) is 4.45. The lowest BCUT2D eigenvalue weighted by atomic mass is 10.2. The molecule has 1 aromatic heterocycles. The molecular formula is C12H12BrN3O4S. The molecule has 0 saturated carbocycles. The number of nitrogens with zero attached hydrogens (tertiary/aromatic N) is 2. The summed E-state index contributed by atoms with van der Waals surface area (Å²) in [6.07, 6.45) is 0.974. The molecule has 2 rings (SSSR count). The van der Waals surface area contributed by atoms with Crippen LogP contribution in [0.15, 0.2) is 40.0 Å². The van der Waals surface area contributed by atoms with E-state index in [1.165, 1.54) is 7.05 Å². The second-order valence-electron chi connectivity index (χ2n) is 4.27. The fraction of sp³-hybridized carbons (Fsp3) is 0.167. The van der Waals surface area contributed by atoms with Gasteiger partial charge in [0.2, 0.25) is 0 Å². The van der Waals surface area contributed by atoms with Crippen LogP contribution in [0.5, 0.6) is 0 Å². The first kappa shape index (κ1) is 15.7. The zero-order valence-corrected chi connectivity index (χ0v) is 13.3. The molecule has 0 radical (unpaired) electrons. The van der Waals surface area contributed by atoms with Crippen LogP contribution in [-0.4, -0.2) is 41.0 Å². The molecule has 2 aromatic rings. The van der Waals surface area contributed by atoms with Crippen LogP contribution in [0, 0.1) is 0 Å². The summed E-state index contributed by atoms with van der Waals surface area (Å²) in [6, 6.07) is 7.19. The molecule has 0 spiro atoms. The first-order chi connectivity index (χ1) is 9.84. The number of hydrogen-bond acceptors (Lipinski definition) is 4. The molecule has 0 bridgehead atoms. The summed E-state index contributed by atoms with van der Waals surface area (Å²) in [5, 5.41) is 14.3. The molecule has 1 aromatic carbocycles.